The Kier molecular flexibility index (Phi) is 3.61. The van der Waals surface area contributed by atoms with Crippen LogP contribution in [0.25, 0.3) is 0 Å². The summed E-state index contributed by atoms with van der Waals surface area (Å²) in [6, 6.07) is 5.32. The van der Waals surface area contributed by atoms with Crippen LogP contribution in [0.15, 0.2) is 18.2 Å². The molecule has 3 nitrogen and oxygen atoms in total. The Balaban J connectivity index is 2.26. The van der Waals surface area contributed by atoms with Crippen LogP contribution in [-0.4, -0.2) is 29.9 Å². The normalized spacial score (nSPS) is 24.1. The van der Waals surface area contributed by atoms with Crippen molar-refractivity contribution in [1.82, 2.24) is 4.90 Å². The van der Waals surface area contributed by atoms with Crippen molar-refractivity contribution in [3.63, 3.8) is 0 Å². The molecule has 1 aliphatic rings. The first-order chi connectivity index (χ1) is 7.99. The number of benzene rings is 1. The molecular weight excluding hydrogens is 259 g/mol. The Hall–Kier alpha value is -0.770. The van der Waals surface area contributed by atoms with E-state index in [2.05, 4.69) is 0 Å². The molecule has 17 heavy (non-hydrogen) atoms. The number of rotatable bonds is 1. The highest BCUT2D eigenvalue weighted by atomic mass is 35.5. The van der Waals surface area contributed by atoms with Gasteiger partial charge in [-0.3, -0.25) is 4.79 Å². The zero-order chi connectivity index (χ0) is 12.6. The Bertz CT molecular complexity index is 450. The monoisotopic (exact) mass is 272 g/mol. The minimum atomic E-state index is -0.0717. The number of halogens is 2. The second kappa shape index (κ2) is 4.84. The van der Waals surface area contributed by atoms with Gasteiger partial charge in [0.2, 0.25) is 5.91 Å². The zero-order valence-corrected chi connectivity index (χ0v) is 11.0. The van der Waals surface area contributed by atoms with Crippen LogP contribution in [0.2, 0.25) is 10.0 Å². The highest BCUT2D eigenvalue weighted by molar-refractivity contribution is 6.35. The van der Waals surface area contributed by atoms with Gasteiger partial charge in [0.25, 0.3) is 0 Å². The van der Waals surface area contributed by atoms with E-state index in [0.29, 0.717) is 23.1 Å². The first-order valence-corrected chi connectivity index (χ1v) is 6.20. The van der Waals surface area contributed by atoms with E-state index in [9.17, 15) is 4.79 Å². The molecular formula is C12H14Cl2N2O. The lowest BCUT2D eigenvalue weighted by Gasteiger charge is -2.16. The SMILES string of the molecule is CC(=O)N1CC(N)C(c2ccc(Cl)cc2Cl)C1. The lowest BCUT2D eigenvalue weighted by Crippen LogP contribution is -2.30. The minimum Gasteiger partial charge on any atom is -0.341 e. The molecule has 2 atom stereocenters. The van der Waals surface area contributed by atoms with E-state index < -0.39 is 0 Å². The van der Waals surface area contributed by atoms with Gasteiger partial charge in [0.15, 0.2) is 0 Å². The maximum Gasteiger partial charge on any atom is 0.219 e. The molecule has 0 spiro atoms. The predicted octanol–water partition coefficient (Wildman–Crippen LogP) is 2.27. The molecule has 1 aromatic carbocycles. The summed E-state index contributed by atoms with van der Waals surface area (Å²) in [5.74, 6) is 0.136. The van der Waals surface area contributed by atoms with Crippen LogP contribution in [0.3, 0.4) is 0 Å². The van der Waals surface area contributed by atoms with Gasteiger partial charge in [0.1, 0.15) is 0 Å². The van der Waals surface area contributed by atoms with Gasteiger partial charge in [-0.15, -0.1) is 0 Å². The topological polar surface area (TPSA) is 46.3 Å². The van der Waals surface area contributed by atoms with Crippen molar-refractivity contribution in [3.05, 3.63) is 33.8 Å². The molecule has 1 aromatic rings. The van der Waals surface area contributed by atoms with E-state index in [4.69, 9.17) is 28.9 Å². The second-order valence-electron chi connectivity index (χ2n) is 4.36. The number of carbonyl (C=O) groups excluding carboxylic acids is 1. The Morgan fingerprint density at radius 2 is 2.12 bits per heavy atom. The van der Waals surface area contributed by atoms with Crippen molar-refractivity contribution in [2.45, 2.75) is 18.9 Å². The average molecular weight is 273 g/mol. The summed E-state index contributed by atoms with van der Waals surface area (Å²) in [7, 11) is 0. The second-order valence-corrected chi connectivity index (χ2v) is 5.20. The average Bonchev–Trinajstić information content (AvgIpc) is 2.61. The van der Waals surface area contributed by atoms with Gasteiger partial charge in [0, 0.05) is 42.0 Å². The van der Waals surface area contributed by atoms with Crippen LogP contribution in [0.1, 0.15) is 18.4 Å². The summed E-state index contributed by atoms with van der Waals surface area (Å²) in [5.41, 5.74) is 7.03. The van der Waals surface area contributed by atoms with Crippen molar-refractivity contribution in [2.24, 2.45) is 5.73 Å². The first-order valence-electron chi connectivity index (χ1n) is 5.45. The summed E-state index contributed by atoms with van der Waals surface area (Å²) in [5, 5.41) is 1.22. The molecule has 92 valence electrons. The standard InChI is InChI=1S/C12H14Cl2N2O/c1-7(17)16-5-10(12(15)6-16)9-3-2-8(13)4-11(9)14/h2-4,10,12H,5-6,15H2,1H3. The third kappa shape index (κ3) is 2.57. The fourth-order valence-corrected chi connectivity index (χ4v) is 2.77. The summed E-state index contributed by atoms with van der Waals surface area (Å²) in [6.07, 6.45) is 0. The highest BCUT2D eigenvalue weighted by Crippen LogP contribution is 2.33. The summed E-state index contributed by atoms with van der Waals surface area (Å²) >= 11 is 12.0. The smallest absolute Gasteiger partial charge is 0.219 e. The largest absolute Gasteiger partial charge is 0.341 e. The van der Waals surface area contributed by atoms with Gasteiger partial charge in [-0.05, 0) is 17.7 Å². The number of amides is 1. The molecule has 2 N–H and O–H groups in total. The molecule has 1 heterocycles. The van der Waals surface area contributed by atoms with Crippen LogP contribution in [0, 0.1) is 0 Å². The van der Waals surface area contributed by atoms with Crippen LogP contribution in [-0.2, 0) is 4.79 Å². The Morgan fingerprint density at radius 1 is 1.41 bits per heavy atom. The van der Waals surface area contributed by atoms with E-state index in [1.807, 2.05) is 6.07 Å². The van der Waals surface area contributed by atoms with Gasteiger partial charge in [-0.25, -0.2) is 0 Å². The molecule has 5 heteroatoms. The van der Waals surface area contributed by atoms with Gasteiger partial charge < -0.3 is 10.6 Å². The summed E-state index contributed by atoms with van der Waals surface area (Å²) < 4.78 is 0. The van der Waals surface area contributed by atoms with Crippen molar-refractivity contribution in [1.29, 1.82) is 0 Å². The van der Waals surface area contributed by atoms with E-state index in [-0.39, 0.29) is 17.9 Å². The van der Waals surface area contributed by atoms with Gasteiger partial charge in [0.05, 0.1) is 0 Å². The maximum absolute atomic E-state index is 11.3. The molecule has 0 bridgehead atoms. The molecule has 1 saturated heterocycles. The predicted molar refractivity (Wildman–Crippen MR) is 69.4 cm³/mol. The molecule has 0 radical (unpaired) electrons. The fraction of sp³-hybridized carbons (Fsp3) is 0.417. The molecule has 0 aliphatic carbocycles. The van der Waals surface area contributed by atoms with Gasteiger partial charge in [-0.1, -0.05) is 29.3 Å². The van der Waals surface area contributed by atoms with Crippen LogP contribution >= 0.6 is 23.2 Å². The lowest BCUT2D eigenvalue weighted by molar-refractivity contribution is -0.127. The molecule has 2 unspecified atom stereocenters. The van der Waals surface area contributed by atoms with E-state index in [1.165, 1.54) is 0 Å². The van der Waals surface area contributed by atoms with Crippen molar-refractivity contribution < 1.29 is 4.79 Å². The number of hydrogen-bond donors (Lipinski definition) is 1. The van der Waals surface area contributed by atoms with E-state index in [1.54, 1.807) is 24.0 Å². The molecule has 1 aliphatic heterocycles. The molecule has 0 aromatic heterocycles. The highest BCUT2D eigenvalue weighted by Gasteiger charge is 2.33. The van der Waals surface area contributed by atoms with Gasteiger partial charge >= 0.3 is 0 Å². The van der Waals surface area contributed by atoms with Crippen LogP contribution in [0.4, 0.5) is 0 Å². The van der Waals surface area contributed by atoms with E-state index in [0.717, 1.165) is 5.56 Å². The van der Waals surface area contributed by atoms with Crippen LogP contribution in [0.5, 0.6) is 0 Å². The Morgan fingerprint density at radius 3 is 2.65 bits per heavy atom. The van der Waals surface area contributed by atoms with E-state index >= 15 is 0 Å². The molecule has 2 rings (SSSR count). The number of carbonyl (C=O) groups is 1. The lowest BCUT2D eigenvalue weighted by atomic mass is 9.95. The molecule has 1 fully saturated rings. The first kappa shape index (κ1) is 12.7. The molecule has 0 saturated carbocycles. The minimum absolute atomic E-state index is 0.0491. The van der Waals surface area contributed by atoms with Crippen LogP contribution < -0.4 is 5.73 Å². The summed E-state index contributed by atoms with van der Waals surface area (Å²) in [4.78, 5) is 13.1. The van der Waals surface area contributed by atoms with Crippen molar-refractivity contribution in [2.75, 3.05) is 13.1 Å². The number of hydrogen-bond acceptors (Lipinski definition) is 2. The third-order valence-electron chi connectivity index (χ3n) is 3.17. The summed E-state index contributed by atoms with van der Waals surface area (Å²) in [6.45, 7) is 2.76. The van der Waals surface area contributed by atoms with Gasteiger partial charge in [-0.2, -0.15) is 0 Å². The maximum atomic E-state index is 11.3. The van der Waals surface area contributed by atoms with Crippen molar-refractivity contribution >= 4 is 29.1 Å². The zero-order valence-electron chi connectivity index (χ0n) is 9.49. The third-order valence-corrected chi connectivity index (χ3v) is 3.73. The number of likely N-dealkylation sites (tertiary alicyclic amines) is 1. The van der Waals surface area contributed by atoms with Crippen molar-refractivity contribution in [3.8, 4) is 0 Å². The number of nitrogens with zero attached hydrogens (tertiary/aromatic N) is 1. The number of nitrogens with two attached hydrogens (primary N) is 1. The quantitative estimate of drug-likeness (QED) is 0.853. The fourth-order valence-electron chi connectivity index (χ4n) is 2.22. The Labute approximate surface area is 110 Å². The molecule has 1 amide bonds.